The Morgan fingerprint density at radius 1 is 1.10 bits per heavy atom. The molecule has 1 fully saturated rings. The van der Waals surface area contributed by atoms with Gasteiger partial charge in [-0.1, -0.05) is 71.4 Å². The van der Waals surface area contributed by atoms with Gasteiger partial charge < -0.3 is 14.8 Å². The van der Waals surface area contributed by atoms with Crippen LogP contribution in [0.25, 0.3) is 6.08 Å². The zero-order valence-corrected chi connectivity index (χ0v) is 24.6. The Bertz CT molecular complexity index is 1480. The Morgan fingerprint density at radius 3 is 2.58 bits per heavy atom. The number of hydrazine groups is 1. The average Bonchev–Trinajstić information content (AvgIpc) is 3.18. The predicted octanol–water partition coefficient (Wildman–Crippen LogP) is 7.64. The summed E-state index contributed by atoms with van der Waals surface area (Å²) in [4.78, 5) is 26.0. The van der Waals surface area contributed by atoms with E-state index in [0.717, 1.165) is 27.9 Å². The van der Waals surface area contributed by atoms with Crippen LogP contribution in [0.2, 0.25) is 10.0 Å². The first-order valence-corrected chi connectivity index (χ1v) is 14.1. The second-order valence-electron chi connectivity index (χ2n) is 8.42. The molecule has 4 rings (SSSR count). The van der Waals surface area contributed by atoms with Gasteiger partial charge in [-0.05, 0) is 73.1 Å². The molecule has 1 aliphatic heterocycles. The highest BCUT2D eigenvalue weighted by Gasteiger charge is 2.34. The van der Waals surface area contributed by atoms with Crippen molar-refractivity contribution >= 4 is 75.2 Å². The van der Waals surface area contributed by atoms with Crippen molar-refractivity contribution in [2.75, 3.05) is 11.9 Å². The Hall–Kier alpha value is -3.50. The van der Waals surface area contributed by atoms with Crippen LogP contribution in [-0.2, 0) is 17.8 Å². The number of amides is 3. The van der Waals surface area contributed by atoms with Crippen LogP contribution in [-0.4, -0.2) is 27.9 Å². The smallest absolute Gasteiger partial charge is 0.338 e. The minimum Gasteiger partial charge on any atom is -0.490 e. The van der Waals surface area contributed by atoms with E-state index in [1.807, 2.05) is 49.4 Å². The number of halogens is 2. The zero-order valence-electron chi connectivity index (χ0n) is 21.4. The van der Waals surface area contributed by atoms with E-state index >= 15 is 0 Å². The van der Waals surface area contributed by atoms with Crippen molar-refractivity contribution in [1.82, 2.24) is 10.4 Å². The predicted molar refractivity (Wildman–Crippen MR) is 166 cm³/mol. The number of hydrogen-bond acceptors (Lipinski definition) is 6. The second kappa shape index (κ2) is 13.7. The van der Waals surface area contributed by atoms with Gasteiger partial charge in [-0.2, -0.15) is 5.01 Å². The molecular weight excluding hydrogens is 589 g/mol. The molecule has 0 aromatic heterocycles. The van der Waals surface area contributed by atoms with Gasteiger partial charge in [0.25, 0.3) is 5.91 Å². The fourth-order valence-electron chi connectivity index (χ4n) is 3.78. The van der Waals surface area contributed by atoms with Gasteiger partial charge in [-0.15, -0.1) is 6.58 Å². The van der Waals surface area contributed by atoms with E-state index in [1.165, 1.54) is 6.07 Å². The molecule has 3 aromatic rings. The third-order valence-corrected chi connectivity index (χ3v) is 7.57. The number of hydrogen-bond donors (Lipinski definition) is 2. The Balaban J connectivity index is 1.54. The zero-order chi connectivity index (χ0) is 28.6. The average molecular weight is 615 g/mol. The summed E-state index contributed by atoms with van der Waals surface area (Å²) in [6.07, 6.45) is 4.01. The highest BCUT2D eigenvalue weighted by atomic mass is 35.5. The normalized spacial score (nSPS) is 13.9. The number of thiocarbonyl (C=S) groups is 1. The summed E-state index contributed by atoms with van der Waals surface area (Å²) in [5.41, 5.74) is 5.48. The molecule has 3 amide bonds. The van der Waals surface area contributed by atoms with E-state index in [4.69, 9.17) is 44.9 Å². The molecule has 1 heterocycles. The fourth-order valence-corrected chi connectivity index (χ4v) is 5.26. The molecule has 3 aromatic carbocycles. The number of carbonyl (C=O) groups is 2. The van der Waals surface area contributed by atoms with Gasteiger partial charge in [0.1, 0.15) is 6.61 Å². The molecule has 0 atom stereocenters. The first-order valence-electron chi connectivity index (χ1n) is 12.2. The molecule has 0 bridgehead atoms. The highest BCUT2D eigenvalue weighted by molar-refractivity contribution is 8.26. The number of carbonyl (C=O) groups excluding carboxylic acids is 2. The number of urea groups is 1. The van der Waals surface area contributed by atoms with Gasteiger partial charge in [0.05, 0.1) is 21.6 Å². The van der Waals surface area contributed by atoms with Crippen LogP contribution in [0.4, 0.5) is 10.5 Å². The monoisotopic (exact) mass is 613 g/mol. The minimum absolute atomic E-state index is 0.180. The van der Waals surface area contributed by atoms with E-state index < -0.39 is 11.9 Å². The Labute approximate surface area is 252 Å². The van der Waals surface area contributed by atoms with Crippen molar-refractivity contribution in [3.8, 4) is 11.5 Å². The van der Waals surface area contributed by atoms with E-state index in [0.29, 0.717) is 52.3 Å². The maximum absolute atomic E-state index is 13.2. The lowest BCUT2D eigenvalue weighted by molar-refractivity contribution is -0.123. The van der Waals surface area contributed by atoms with Crippen molar-refractivity contribution in [1.29, 1.82) is 0 Å². The summed E-state index contributed by atoms with van der Waals surface area (Å²) in [6.45, 7) is 6.56. The van der Waals surface area contributed by atoms with Crippen molar-refractivity contribution in [3.05, 3.63) is 105 Å². The molecule has 40 heavy (non-hydrogen) atoms. The molecule has 0 aliphatic carbocycles. The molecule has 0 spiro atoms. The van der Waals surface area contributed by atoms with Gasteiger partial charge in [0.15, 0.2) is 15.8 Å². The SMILES string of the molecule is C=CCc1cc(/C=C2\SC(=S)N(NC(=O)Nc3ccc(Cl)c(Cl)c3)C2=O)cc(OCC)c1OCc1ccccc1. The molecule has 1 saturated heterocycles. The molecule has 2 N–H and O–H groups in total. The molecule has 1 aliphatic rings. The molecule has 0 radical (unpaired) electrons. The summed E-state index contributed by atoms with van der Waals surface area (Å²) in [5.74, 6) is 0.710. The van der Waals surface area contributed by atoms with Crippen LogP contribution in [0, 0.1) is 0 Å². The van der Waals surface area contributed by atoms with Crippen molar-refractivity contribution in [3.63, 3.8) is 0 Å². The Kier molecular flexibility index (Phi) is 10.1. The molecule has 0 saturated carbocycles. The van der Waals surface area contributed by atoms with Gasteiger partial charge in [-0.3, -0.25) is 4.79 Å². The van der Waals surface area contributed by atoms with Crippen molar-refractivity contribution in [2.45, 2.75) is 20.0 Å². The van der Waals surface area contributed by atoms with Crippen LogP contribution in [0.5, 0.6) is 11.5 Å². The molecular formula is C29H25Cl2N3O4S2. The number of nitrogens with zero attached hydrogens (tertiary/aromatic N) is 1. The number of anilines is 1. The van der Waals surface area contributed by atoms with Crippen LogP contribution >= 0.6 is 47.2 Å². The number of allylic oxidation sites excluding steroid dienone is 1. The number of benzene rings is 3. The van der Waals surface area contributed by atoms with Gasteiger partial charge in [-0.25, -0.2) is 10.2 Å². The van der Waals surface area contributed by atoms with Crippen LogP contribution in [0.15, 0.2) is 78.2 Å². The maximum Gasteiger partial charge on any atom is 0.338 e. The molecule has 0 unspecified atom stereocenters. The lowest BCUT2D eigenvalue weighted by Gasteiger charge is -2.17. The third-order valence-electron chi connectivity index (χ3n) is 5.53. The lowest BCUT2D eigenvalue weighted by Crippen LogP contribution is -2.46. The quantitative estimate of drug-likeness (QED) is 0.139. The maximum atomic E-state index is 13.2. The minimum atomic E-state index is -0.664. The van der Waals surface area contributed by atoms with Crippen LogP contribution in [0.1, 0.15) is 23.6 Å². The summed E-state index contributed by atoms with van der Waals surface area (Å²) in [6, 6.07) is 17.5. The van der Waals surface area contributed by atoms with E-state index in [2.05, 4.69) is 17.3 Å². The number of thioether (sulfide) groups is 1. The van der Waals surface area contributed by atoms with Crippen molar-refractivity contribution < 1.29 is 19.1 Å². The summed E-state index contributed by atoms with van der Waals surface area (Å²) in [5, 5.41) is 4.26. The van der Waals surface area contributed by atoms with Gasteiger partial charge in [0, 0.05) is 11.3 Å². The summed E-state index contributed by atoms with van der Waals surface area (Å²) >= 11 is 18.4. The Morgan fingerprint density at radius 2 is 1.88 bits per heavy atom. The standard InChI is InChI=1S/C29H25Cl2N3O4S2/c1-3-8-20-13-19(14-24(37-4-2)26(20)38-17-18-9-6-5-7-10-18)15-25-27(35)34(29(39)40-25)33-28(36)32-21-11-12-22(30)23(31)16-21/h3,5-7,9-16H,1,4,8,17H2,2H3,(H2,32,33,36)/b25-15-. The van der Waals surface area contributed by atoms with Gasteiger partial charge >= 0.3 is 6.03 Å². The van der Waals surface area contributed by atoms with E-state index in [9.17, 15) is 9.59 Å². The number of rotatable bonds is 10. The molecule has 7 nitrogen and oxygen atoms in total. The first-order chi connectivity index (χ1) is 19.3. The summed E-state index contributed by atoms with van der Waals surface area (Å²) in [7, 11) is 0. The largest absolute Gasteiger partial charge is 0.490 e. The van der Waals surface area contributed by atoms with Crippen LogP contribution < -0.4 is 20.2 Å². The van der Waals surface area contributed by atoms with E-state index in [-0.39, 0.29) is 9.34 Å². The molecule has 11 heteroatoms. The lowest BCUT2D eigenvalue weighted by atomic mass is 10.0. The van der Waals surface area contributed by atoms with E-state index in [1.54, 1.807) is 24.3 Å². The summed E-state index contributed by atoms with van der Waals surface area (Å²) < 4.78 is 12.3. The van der Waals surface area contributed by atoms with Crippen LogP contribution in [0.3, 0.4) is 0 Å². The van der Waals surface area contributed by atoms with Crippen molar-refractivity contribution in [2.24, 2.45) is 0 Å². The molecule has 206 valence electrons. The number of nitrogens with one attached hydrogen (secondary N) is 2. The highest BCUT2D eigenvalue weighted by Crippen LogP contribution is 2.37. The number of ether oxygens (including phenoxy) is 2. The second-order valence-corrected chi connectivity index (χ2v) is 10.9. The first kappa shape index (κ1) is 29.5. The fraction of sp³-hybridized carbons (Fsp3) is 0.138. The topological polar surface area (TPSA) is 79.9 Å². The van der Waals surface area contributed by atoms with Gasteiger partial charge in [0.2, 0.25) is 0 Å². The third kappa shape index (κ3) is 7.37.